The van der Waals surface area contributed by atoms with Crippen molar-refractivity contribution in [3.8, 4) is 5.75 Å². The Morgan fingerprint density at radius 2 is 2.36 bits per heavy atom. The van der Waals surface area contributed by atoms with E-state index in [2.05, 4.69) is 0 Å². The van der Waals surface area contributed by atoms with Gasteiger partial charge in [0.1, 0.15) is 0 Å². The lowest BCUT2D eigenvalue weighted by atomic mass is 10.3. The van der Waals surface area contributed by atoms with Gasteiger partial charge < -0.3 is 4.74 Å². The summed E-state index contributed by atoms with van der Waals surface area (Å²) >= 11 is 5.48. The Morgan fingerprint density at radius 1 is 1.64 bits per heavy atom. The number of nitrogens with two attached hydrogens (primary N) is 1. The summed E-state index contributed by atoms with van der Waals surface area (Å²) in [6.07, 6.45) is 0. The summed E-state index contributed by atoms with van der Waals surface area (Å²) in [6.45, 7) is -0.353. The lowest BCUT2D eigenvalue weighted by Crippen LogP contribution is -2.34. The summed E-state index contributed by atoms with van der Waals surface area (Å²) in [5.74, 6) is 3.48. The van der Waals surface area contributed by atoms with Crippen LogP contribution in [0, 0.1) is 5.82 Å². The molecule has 4 nitrogen and oxygen atoms in total. The minimum atomic E-state index is -0.695. The third-order valence-corrected chi connectivity index (χ3v) is 1.73. The fraction of sp³-hybridized carbons (Fsp3) is 0.125. The molecule has 0 saturated carbocycles. The van der Waals surface area contributed by atoms with Crippen molar-refractivity contribution in [3.05, 3.63) is 29.0 Å². The molecule has 76 valence electrons. The van der Waals surface area contributed by atoms with E-state index in [1.54, 1.807) is 0 Å². The zero-order valence-electron chi connectivity index (χ0n) is 7.09. The molecule has 0 heterocycles. The molecule has 6 heteroatoms. The summed E-state index contributed by atoms with van der Waals surface area (Å²) in [5.41, 5.74) is 1.85. The quantitative estimate of drug-likeness (QED) is 0.449. The molecule has 0 fully saturated rings. The van der Waals surface area contributed by atoms with E-state index >= 15 is 0 Å². The lowest BCUT2D eigenvalue weighted by Gasteiger charge is -2.06. The van der Waals surface area contributed by atoms with Crippen molar-refractivity contribution >= 4 is 17.5 Å². The average molecular weight is 219 g/mol. The SMILES string of the molecule is NNC(=O)COc1cccc(Cl)c1F. The monoisotopic (exact) mass is 218 g/mol. The van der Waals surface area contributed by atoms with Gasteiger partial charge in [-0.1, -0.05) is 17.7 Å². The molecule has 0 atom stereocenters. The van der Waals surface area contributed by atoms with E-state index < -0.39 is 11.7 Å². The summed E-state index contributed by atoms with van der Waals surface area (Å²) in [6, 6.07) is 4.26. The van der Waals surface area contributed by atoms with Crippen LogP contribution in [-0.4, -0.2) is 12.5 Å². The van der Waals surface area contributed by atoms with Crippen LogP contribution < -0.4 is 16.0 Å². The number of amides is 1. The van der Waals surface area contributed by atoms with E-state index in [1.807, 2.05) is 5.43 Å². The number of hydrogen-bond donors (Lipinski definition) is 2. The van der Waals surface area contributed by atoms with Gasteiger partial charge in [-0.05, 0) is 12.1 Å². The fourth-order valence-electron chi connectivity index (χ4n) is 0.780. The first kappa shape index (κ1) is 10.7. The molecule has 14 heavy (non-hydrogen) atoms. The second-order valence-corrected chi connectivity index (χ2v) is 2.82. The van der Waals surface area contributed by atoms with E-state index in [1.165, 1.54) is 18.2 Å². The summed E-state index contributed by atoms with van der Waals surface area (Å²) < 4.78 is 18.0. The van der Waals surface area contributed by atoms with Crippen molar-refractivity contribution in [2.45, 2.75) is 0 Å². The van der Waals surface area contributed by atoms with Crippen LogP contribution in [0.2, 0.25) is 5.02 Å². The van der Waals surface area contributed by atoms with E-state index in [-0.39, 0.29) is 17.4 Å². The topological polar surface area (TPSA) is 64.3 Å². The first-order valence-corrected chi connectivity index (χ1v) is 4.09. The van der Waals surface area contributed by atoms with Crippen LogP contribution >= 0.6 is 11.6 Å². The Bertz CT molecular complexity index is 346. The molecule has 0 aliphatic heterocycles. The molecule has 1 amide bonds. The van der Waals surface area contributed by atoms with E-state index in [0.717, 1.165) is 0 Å². The highest BCUT2D eigenvalue weighted by Crippen LogP contribution is 2.23. The molecule has 1 aromatic rings. The van der Waals surface area contributed by atoms with Crippen LogP contribution in [0.5, 0.6) is 5.75 Å². The molecule has 0 saturated heterocycles. The molecule has 0 spiro atoms. The van der Waals surface area contributed by atoms with Crippen LogP contribution in [0.15, 0.2) is 18.2 Å². The van der Waals surface area contributed by atoms with Gasteiger partial charge in [0.15, 0.2) is 18.2 Å². The van der Waals surface area contributed by atoms with Gasteiger partial charge in [0, 0.05) is 0 Å². The third-order valence-electron chi connectivity index (χ3n) is 1.44. The Balaban J connectivity index is 2.68. The molecular weight excluding hydrogens is 211 g/mol. The van der Waals surface area contributed by atoms with Crippen LogP contribution in [-0.2, 0) is 4.79 Å². The predicted molar refractivity (Wildman–Crippen MR) is 49.2 cm³/mol. The average Bonchev–Trinajstić information content (AvgIpc) is 2.20. The summed E-state index contributed by atoms with van der Waals surface area (Å²) in [4.78, 5) is 10.7. The fourth-order valence-corrected chi connectivity index (χ4v) is 0.946. The highest BCUT2D eigenvalue weighted by Gasteiger charge is 2.08. The first-order valence-electron chi connectivity index (χ1n) is 3.71. The van der Waals surface area contributed by atoms with Crippen LogP contribution in [0.25, 0.3) is 0 Å². The van der Waals surface area contributed by atoms with Crippen molar-refractivity contribution in [1.82, 2.24) is 5.43 Å². The molecule has 3 N–H and O–H groups in total. The van der Waals surface area contributed by atoms with Gasteiger partial charge in [-0.2, -0.15) is 0 Å². The summed E-state index contributed by atoms with van der Waals surface area (Å²) in [5, 5.41) is -0.0596. The second kappa shape index (κ2) is 4.78. The maximum atomic E-state index is 13.1. The minimum absolute atomic E-state index is 0.0596. The first-order chi connectivity index (χ1) is 6.65. The van der Waals surface area contributed by atoms with Crippen molar-refractivity contribution in [2.24, 2.45) is 5.84 Å². The molecule has 0 unspecified atom stereocenters. The van der Waals surface area contributed by atoms with Gasteiger partial charge in [-0.25, -0.2) is 10.2 Å². The Labute approximate surface area is 84.8 Å². The Morgan fingerprint density at radius 3 is 3.00 bits per heavy atom. The predicted octanol–water partition coefficient (Wildman–Crippen LogP) is 0.848. The van der Waals surface area contributed by atoms with Crippen LogP contribution in [0.4, 0.5) is 4.39 Å². The zero-order valence-corrected chi connectivity index (χ0v) is 7.84. The molecule has 1 rings (SSSR count). The Hall–Kier alpha value is -1.33. The smallest absolute Gasteiger partial charge is 0.271 e. The molecule has 1 aromatic carbocycles. The van der Waals surface area contributed by atoms with Crippen LogP contribution in [0.3, 0.4) is 0 Å². The number of halogens is 2. The third kappa shape index (κ3) is 2.58. The molecular formula is C8H8ClFN2O2. The van der Waals surface area contributed by atoms with Crippen molar-refractivity contribution in [3.63, 3.8) is 0 Å². The van der Waals surface area contributed by atoms with Gasteiger partial charge in [-0.15, -0.1) is 0 Å². The second-order valence-electron chi connectivity index (χ2n) is 2.41. The summed E-state index contributed by atoms with van der Waals surface area (Å²) in [7, 11) is 0. The molecule has 0 bridgehead atoms. The number of benzene rings is 1. The normalized spacial score (nSPS) is 9.64. The Kier molecular flexibility index (Phi) is 3.67. The lowest BCUT2D eigenvalue weighted by molar-refractivity contribution is -0.123. The largest absolute Gasteiger partial charge is 0.481 e. The number of hydrazine groups is 1. The van der Waals surface area contributed by atoms with E-state index in [0.29, 0.717) is 0 Å². The maximum absolute atomic E-state index is 13.1. The molecule has 0 aliphatic rings. The minimum Gasteiger partial charge on any atom is -0.481 e. The standard InChI is InChI=1S/C8H8ClFN2O2/c9-5-2-1-3-6(8(5)10)14-4-7(13)12-11/h1-3H,4,11H2,(H,12,13). The number of carbonyl (C=O) groups is 1. The molecule has 0 aromatic heterocycles. The maximum Gasteiger partial charge on any atom is 0.271 e. The van der Waals surface area contributed by atoms with Crippen molar-refractivity contribution in [1.29, 1.82) is 0 Å². The number of carbonyl (C=O) groups excluding carboxylic acids is 1. The number of rotatable bonds is 3. The zero-order chi connectivity index (χ0) is 10.6. The number of ether oxygens (including phenoxy) is 1. The van der Waals surface area contributed by atoms with Gasteiger partial charge in [0.25, 0.3) is 5.91 Å². The van der Waals surface area contributed by atoms with Gasteiger partial charge >= 0.3 is 0 Å². The van der Waals surface area contributed by atoms with E-state index in [9.17, 15) is 9.18 Å². The number of hydrogen-bond acceptors (Lipinski definition) is 3. The van der Waals surface area contributed by atoms with E-state index in [4.69, 9.17) is 22.2 Å². The van der Waals surface area contributed by atoms with Crippen LogP contribution in [0.1, 0.15) is 0 Å². The molecule has 0 radical (unpaired) electrons. The number of nitrogens with one attached hydrogen (secondary N) is 1. The van der Waals surface area contributed by atoms with Crippen molar-refractivity contribution in [2.75, 3.05) is 6.61 Å². The van der Waals surface area contributed by atoms with Gasteiger partial charge in [-0.3, -0.25) is 10.2 Å². The van der Waals surface area contributed by atoms with Gasteiger partial charge in [0.05, 0.1) is 5.02 Å². The van der Waals surface area contributed by atoms with Crippen molar-refractivity contribution < 1.29 is 13.9 Å². The van der Waals surface area contributed by atoms with Gasteiger partial charge in [0.2, 0.25) is 0 Å². The highest BCUT2D eigenvalue weighted by atomic mass is 35.5. The highest BCUT2D eigenvalue weighted by molar-refractivity contribution is 6.30. The molecule has 0 aliphatic carbocycles.